The van der Waals surface area contributed by atoms with Crippen LogP contribution in [0, 0.1) is 5.92 Å². The molecule has 0 bridgehead atoms. The van der Waals surface area contributed by atoms with Crippen LogP contribution in [-0.2, 0) is 0 Å². The Morgan fingerprint density at radius 2 is 1.89 bits per heavy atom. The van der Waals surface area contributed by atoms with E-state index in [9.17, 15) is 4.79 Å². The molecule has 4 nitrogen and oxygen atoms in total. The number of carbonyl (C=O) groups excluding carboxylic acids is 1. The van der Waals surface area contributed by atoms with E-state index in [0.29, 0.717) is 11.5 Å². The summed E-state index contributed by atoms with van der Waals surface area (Å²) in [5, 5.41) is 0. The van der Waals surface area contributed by atoms with Gasteiger partial charge in [-0.15, -0.1) is 0 Å². The van der Waals surface area contributed by atoms with E-state index < -0.39 is 0 Å². The van der Waals surface area contributed by atoms with Gasteiger partial charge in [0.1, 0.15) is 5.75 Å². The Bertz CT molecular complexity index is 410. The smallest absolute Gasteiger partial charge is 0.269 e. The molecular weight excluding hydrogens is 228 g/mol. The van der Waals surface area contributed by atoms with Gasteiger partial charge in [0.2, 0.25) is 0 Å². The number of amides is 1. The molecule has 1 rings (SSSR count). The maximum absolute atomic E-state index is 11.8. The first-order chi connectivity index (χ1) is 8.52. The Morgan fingerprint density at radius 1 is 1.28 bits per heavy atom. The summed E-state index contributed by atoms with van der Waals surface area (Å²) in [7, 11) is 1.59. The molecule has 2 N–H and O–H groups in total. The van der Waals surface area contributed by atoms with Crippen molar-refractivity contribution in [1.29, 1.82) is 0 Å². The number of allylic oxidation sites excluding steroid dienone is 1. The van der Waals surface area contributed by atoms with Crippen LogP contribution in [0.1, 0.15) is 30.6 Å². The molecule has 18 heavy (non-hydrogen) atoms. The van der Waals surface area contributed by atoms with Gasteiger partial charge in [-0.1, -0.05) is 20.4 Å². The highest BCUT2D eigenvalue weighted by atomic mass is 16.5. The fourth-order valence-electron chi connectivity index (χ4n) is 1.50. The van der Waals surface area contributed by atoms with E-state index in [0.717, 1.165) is 17.9 Å². The molecule has 0 aliphatic rings. The topological polar surface area (TPSA) is 50.4 Å². The van der Waals surface area contributed by atoms with E-state index in [2.05, 4.69) is 31.3 Å². The molecule has 0 fully saturated rings. The minimum atomic E-state index is -0.192. The van der Waals surface area contributed by atoms with Crippen molar-refractivity contribution in [2.75, 3.05) is 7.11 Å². The quantitative estimate of drug-likeness (QED) is 0.760. The van der Waals surface area contributed by atoms with Crippen LogP contribution in [0.4, 0.5) is 0 Å². The average Bonchev–Trinajstić information content (AvgIpc) is 2.35. The number of methoxy groups -OCH3 is 1. The van der Waals surface area contributed by atoms with Gasteiger partial charge in [-0.05, 0) is 36.6 Å². The number of ether oxygens (including phenoxy) is 1. The van der Waals surface area contributed by atoms with Crippen molar-refractivity contribution >= 4 is 5.91 Å². The lowest BCUT2D eigenvalue weighted by molar-refractivity contribution is 0.0938. The number of benzene rings is 1. The molecule has 0 heterocycles. The third-order valence-electron chi connectivity index (χ3n) is 2.36. The maximum Gasteiger partial charge on any atom is 0.269 e. The van der Waals surface area contributed by atoms with Crippen LogP contribution < -0.4 is 15.6 Å². The summed E-state index contributed by atoms with van der Waals surface area (Å²) >= 11 is 0. The van der Waals surface area contributed by atoms with Crippen LogP contribution in [0.3, 0.4) is 0 Å². The van der Waals surface area contributed by atoms with Crippen LogP contribution in [0.2, 0.25) is 0 Å². The number of hydrazine groups is 1. The van der Waals surface area contributed by atoms with E-state index in [1.807, 2.05) is 0 Å². The second kappa shape index (κ2) is 6.69. The standard InChI is InChI=1S/C14H20N2O2/c1-10(2)9-11(3)15-16-14(17)12-5-7-13(18-4)8-6-12/h5-8,10,15H,3,9H2,1-2,4H3,(H,16,17). The van der Waals surface area contributed by atoms with Gasteiger partial charge in [-0.3, -0.25) is 10.2 Å². The molecular formula is C14H20N2O2. The third kappa shape index (κ3) is 4.49. The van der Waals surface area contributed by atoms with E-state index in [1.165, 1.54) is 0 Å². The molecule has 1 aromatic rings. The van der Waals surface area contributed by atoms with Crippen molar-refractivity contribution < 1.29 is 9.53 Å². The Balaban J connectivity index is 2.47. The highest BCUT2D eigenvalue weighted by Crippen LogP contribution is 2.11. The molecule has 0 aliphatic heterocycles. The highest BCUT2D eigenvalue weighted by Gasteiger charge is 2.05. The molecule has 0 spiro atoms. The summed E-state index contributed by atoms with van der Waals surface area (Å²) in [6.07, 6.45) is 0.822. The summed E-state index contributed by atoms with van der Waals surface area (Å²) < 4.78 is 5.03. The number of rotatable bonds is 6. The van der Waals surface area contributed by atoms with Crippen LogP contribution >= 0.6 is 0 Å². The summed E-state index contributed by atoms with van der Waals surface area (Å²) in [5.41, 5.74) is 6.80. The molecule has 0 unspecified atom stereocenters. The second-order valence-corrected chi connectivity index (χ2v) is 4.51. The second-order valence-electron chi connectivity index (χ2n) is 4.51. The van der Waals surface area contributed by atoms with Gasteiger partial charge < -0.3 is 10.2 Å². The number of carbonyl (C=O) groups is 1. The van der Waals surface area contributed by atoms with Gasteiger partial charge >= 0.3 is 0 Å². The predicted molar refractivity (Wildman–Crippen MR) is 72.2 cm³/mol. The molecule has 98 valence electrons. The van der Waals surface area contributed by atoms with E-state index in [4.69, 9.17) is 4.74 Å². The highest BCUT2D eigenvalue weighted by molar-refractivity contribution is 5.94. The maximum atomic E-state index is 11.8. The zero-order chi connectivity index (χ0) is 13.5. The molecule has 1 amide bonds. The Labute approximate surface area is 108 Å². The summed E-state index contributed by atoms with van der Waals surface area (Å²) in [6, 6.07) is 6.91. The van der Waals surface area contributed by atoms with Crippen molar-refractivity contribution in [3.05, 3.63) is 42.1 Å². The zero-order valence-corrected chi connectivity index (χ0v) is 11.1. The minimum Gasteiger partial charge on any atom is -0.497 e. The van der Waals surface area contributed by atoms with Crippen molar-refractivity contribution in [2.45, 2.75) is 20.3 Å². The first-order valence-corrected chi connectivity index (χ1v) is 5.91. The number of hydrogen-bond acceptors (Lipinski definition) is 3. The molecule has 1 aromatic carbocycles. The fourth-order valence-corrected chi connectivity index (χ4v) is 1.50. The van der Waals surface area contributed by atoms with Gasteiger partial charge in [0.25, 0.3) is 5.91 Å². The molecule has 0 saturated carbocycles. The summed E-state index contributed by atoms with van der Waals surface area (Å²) in [5.74, 6) is 1.04. The van der Waals surface area contributed by atoms with Crippen LogP contribution in [-0.4, -0.2) is 13.0 Å². The molecule has 0 radical (unpaired) electrons. The number of nitrogens with one attached hydrogen (secondary N) is 2. The lowest BCUT2D eigenvalue weighted by atomic mass is 10.1. The van der Waals surface area contributed by atoms with Gasteiger partial charge in [0, 0.05) is 11.3 Å². The van der Waals surface area contributed by atoms with Crippen LogP contribution in [0.15, 0.2) is 36.5 Å². The van der Waals surface area contributed by atoms with Crippen molar-refractivity contribution in [1.82, 2.24) is 10.9 Å². The molecule has 0 aliphatic carbocycles. The van der Waals surface area contributed by atoms with Crippen LogP contribution in [0.25, 0.3) is 0 Å². The fraction of sp³-hybridized carbons (Fsp3) is 0.357. The van der Waals surface area contributed by atoms with E-state index in [1.54, 1.807) is 31.4 Å². The molecule has 4 heteroatoms. The van der Waals surface area contributed by atoms with Crippen molar-refractivity contribution in [3.63, 3.8) is 0 Å². The predicted octanol–water partition coefficient (Wildman–Crippen LogP) is 2.49. The largest absolute Gasteiger partial charge is 0.497 e. The zero-order valence-electron chi connectivity index (χ0n) is 11.1. The lowest BCUT2D eigenvalue weighted by Crippen LogP contribution is -2.36. The Hall–Kier alpha value is -1.97. The molecule has 0 atom stereocenters. The van der Waals surface area contributed by atoms with Gasteiger partial charge in [0.05, 0.1) is 7.11 Å². The van der Waals surface area contributed by atoms with E-state index >= 15 is 0 Å². The molecule has 0 saturated heterocycles. The first-order valence-electron chi connectivity index (χ1n) is 5.91. The lowest BCUT2D eigenvalue weighted by Gasteiger charge is -2.12. The SMILES string of the molecule is C=C(CC(C)C)NNC(=O)c1ccc(OC)cc1. The Morgan fingerprint density at radius 3 is 2.39 bits per heavy atom. The number of hydrogen-bond donors (Lipinski definition) is 2. The van der Waals surface area contributed by atoms with Crippen LogP contribution in [0.5, 0.6) is 5.75 Å². The van der Waals surface area contributed by atoms with E-state index in [-0.39, 0.29) is 5.91 Å². The van der Waals surface area contributed by atoms with Gasteiger partial charge in [-0.2, -0.15) is 0 Å². The normalized spacial score (nSPS) is 10.0. The molecule has 0 aromatic heterocycles. The third-order valence-corrected chi connectivity index (χ3v) is 2.36. The monoisotopic (exact) mass is 248 g/mol. The summed E-state index contributed by atoms with van der Waals surface area (Å²) in [4.78, 5) is 11.8. The van der Waals surface area contributed by atoms with Crippen molar-refractivity contribution in [2.24, 2.45) is 5.92 Å². The minimum absolute atomic E-state index is 0.192. The van der Waals surface area contributed by atoms with Gasteiger partial charge in [0.15, 0.2) is 0 Å². The average molecular weight is 248 g/mol. The summed E-state index contributed by atoms with van der Waals surface area (Å²) in [6.45, 7) is 8.03. The Kier molecular flexibility index (Phi) is 5.24. The van der Waals surface area contributed by atoms with Gasteiger partial charge in [-0.25, -0.2) is 0 Å². The van der Waals surface area contributed by atoms with Crippen molar-refractivity contribution in [3.8, 4) is 5.75 Å². The first kappa shape index (κ1) is 14.1.